The molecular weight excluding hydrogens is 376 g/mol. The number of rotatable bonds is 4. The van der Waals surface area contributed by atoms with E-state index >= 15 is 0 Å². The van der Waals surface area contributed by atoms with Crippen molar-refractivity contribution in [2.75, 3.05) is 6.61 Å². The summed E-state index contributed by atoms with van der Waals surface area (Å²) < 4.78 is 5.66. The van der Waals surface area contributed by atoms with Crippen molar-refractivity contribution >= 4 is 34.2 Å². The fourth-order valence-corrected chi connectivity index (χ4v) is 4.95. The second kappa shape index (κ2) is 8.04. The second-order valence-corrected chi connectivity index (χ2v) is 9.49. The van der Waals surface area contributed by atoms with E-state index in [4.69, 9.17) is 16.3 Å². The van der Waals surface area contributed by atoms with Crippen molar-refractivity contribution in [3.05, 3.63) is 44.8 Å². The molecule has 5 heteroatoms. The number of fused-ring (bicyclic) bond motifs is 1. The molecule has 0 saturated heterocycles. The third-order valence-electron chi connectivity index (χ3n) is 5.18. The van der Waals surface area contributed by atoms with Crippen LogP contribution in [0, 0.1) is 22.7 Å². The summed E-state index contributed by atoms with van der Waals surface area (Å²) in [4.78, 5) is 5.98. The predicted octanol–water partition coefficient (Wildman–Crippen LogP) is 6.57. The Morgan fingerprint density at radius 3 is 2.85 bits per heavy atom. The lowest BCUT2D eigenvalue weighted by Crippen LogP contribution is -2.26. The summed E-state index contributed by atoms with van der Waals surface area (Å²) >= 11 is 7.79. The highest BCUT2D eigenvalue weighted by Crippen LogP contribution is 2.44. The van der Waals surface area contributed by atoms with Gasteiger partial charge in [0.1, 0.15) is 16.8 Å². The van der Waals surface area contributed by atoms with Gasteiger partial charge in [-0.2, -0.15) is 5.26 Å². The molecular formula is C22H25ClN2OS. The molecule has 0 bridgehead atoms. The smallest absolute Gasteiger partial charge is 0.134 e. The maximum absolute atomic E-state index is 9.71. The molecule has 27 heavy (non-hydrogen) atoms. The highest BCUT2D eigenvalue weighted by Gasteiger charge is 2.32. The van der Waals surface area contributed by atoms with Crippen LogP contribution in [0.4, 0.5) is 5.00 Å². The van der Waals surface area contributed by atoms with Crippen molar-refractivity contribution in [1.82, 2.24) is 0 Å². The third kappa shape index (κ3) is 4.36. The van der Waals surface area contributed by atoms with Crippen LogP contribution in [0.2, 0.25) is 5.02 Å². The van der Waals surface area contributed by atoms with Crippen LogP contribution in [0.25, 0.3) is 0 Å². The van der Waals surface area contributed by atoms with E-state index in [-0.39, 0.29) is 5.41 Å². The van der Waals surface area contributed by atoms with Gasteiger partial charge in [-0.25, -0.2) is 4.99 Å². The number of halogens is 1. The summed E-state index contributed by atoms with van der Waals surface area (Å²) in [5, 5.41) is 11.1. The largest absolute Gasteiger partial charge is 0.493 e. The van der Waals surface area contributed by atoms with Crippen LogP contribution in [-0.4, -0.2) is 12.8 Å². The van der Waals surface area contributed by atoms with E-state index < -0.39 is 0 Å². The van der Waals surface area contributed by atoms with E-state index in [0.29, 0.717) is 17.5 Å². The molecule has 1 aliphatic carbocycles. The van der Waals surface area contributed by atoms with Crippen LogP contribution in [0.15, 0.2) is 23.2 Å². The number of nitrogens with zero attached hydrogens (tertiary/aromatic N) is 2. The standard InChI is InChI=1S/C22H25ClN2OS/c1-5-26-19-9-7-16(23)10-14(19)13-25-21-18(12-24)17-8-6-15(22(2,3)4)11-20(17)27-21/h7,9-10,13,15H,5-6,8,11H2,1-4H3/t15-/m1/s1. The van der Waals surface area contributed by atoms with Crippen LogP contribution in [0.3, 0.4) is 0 Å². The molecule has 0 amide bonds. The molecule has 1 aromatic heterocycles. The first-order valence-corrected chi connectivity index (χ1v) is 10.5. The lowest BCUT2D eigenvalue weighted by molar-refractivity contribution is 0.218. The molecule has 2 aromatic rings. The Kier molecular flexibility index (Phi) is 5.93. The topological polar surface area (TPSA) is 45.4 Å². The zero-order valence-electron chi connectivity index (χ0n) is 16.3. The molecule has 0 spiro atoms. The average Bonchev–Trinajstić information content (AvgIpc) is 2.98. The first kappa shape index (κ1) is 19.9. The lowest BCUT2D eigenvalue weighted by Gasteiger charge is -2.33. The van der Waals surface area contributed by atoms with E-state index in [1.54, 1.807) is 23.6 Å². The molecule has 0 radical (unpaired) electrons. The Morgan fingerprint density at radius 1 is 1.41 bits per heavy atom. The Hall–Kier alpha value is -1.83. The molecule has 3 nitrogen and oxygen atoms in total. The molecule has 142 valence electrons. The minimum atomic E-state index is 0.283. The number of hydrogen-bond donors (Lipinski definition) is 0. The summed E-state index contributed by atoms with van der Waals surface area (Å²) in [6, 6.07) is 7.88. The van der Waals surface area contributed by atoms with Crippen molar-refractivity contribution in [3.8, 4) is 11.8 Å². The van der Waals surface area contributed by atoms with Gasteiger partial charge >= 0.3 is 0 Å². The molecule has 0 unspecified atom stereocenters. The van der Waals surface area contributed by atoms with Crippen LogP contribution in [0.1, 0.15) is 55.7 Å². The number of aliphatic imine (C=N–C) groups is 1. The summed E-state index contributed by atoms with van der Waals surface area (Å²) in [7, 11) is 0. The fraction of sp³-hybridized carbons (Fsp3) is 0.455. The zero-order valence-corrected chi connectivity index (χ0v) is 17.9. The number of thiophene rings is 1. The molecule has 1 atom stereocenters. The molecule has 0 N–H and O–H groups in total. The van der Waals surface area contributed by atoms with Crippen LogP contribution >= 0.6 is 22.9 Å². The molecule has 0 saturated carbocycles. The van der Waals surface area contributed by atoms with Crippen molar-refractivity contribution in [1.29, 1.82) is 5.26 Å². The Morgan fingerprint density at radius 2 is 2.19 bits per heavy atom. The molecule has 1 aliphatic rings. The highest BCUT2D eigenvalue weighted by atomic mass is 35.5. The molecule has 3 rings (SSSR count). The predicted molar refractivity (Wildman–Crippen MR) is 114 cm³/mol. The van der Waals surface area contributed by atoms with Crippen LogP contribution in [-0.2, 0) is 12.8 Å². The maximum Gasteiger partial charge on any atom is 0.134 e. The quantitative estimate of drug-likeness (QED) is 0.544. The second-order valence-electron chi connectivity index (χ2n) is 7.97. The van der Waals surface area contributed by atoms with Crippen LogP contribution < -0.4 is 4.74 Å². The minimum Gasteiger partial charge on any atom is -0.493 e. The normalized spacial score (nSPS) is 17.0. The van der Waals surface area contributed by atoms with E-state index in [9.17, 15) is 5.26 Å². The van der Waals surface area contributed by atoms with Gasteiger partial charge < -0.3 is 4.74 Å². The van der Waals surface area contributed by atoms with Gasteiger partial charge in [-0.15, -0.1) is 11.3 Å². The number of ether oxygens (including phenoxy) is 1. The van der Waals surface area contributed by atoms with Crippen molar-refractivity contribution in [2.45, 2.75) is 47.0 Å². The van der Waals surface area contributed by atoms with Gasteiger partial charge in [-0.3, -0.25) is 0 Å². The summed E-state index contributed by atoms with van der Waals surface area (Å²) in [6.45, 7) is 9.43. The van der Waals surface area contributed by atoms with Gasteiger partial charge in [-0.05, 0) is 61.3 Å². The fourth-order valence-electron chi connectivity index (χ4n) is 3.55. The van der Waals surface area contributed by atoms with E-state index in [1.807, 2.05) is 19.1 Å². The molecule has 1 aromatic carbocycles. The summed E-state index contributed by atoms with van der Waals surface area (Å²) in [6.07, 6.45) is 4.90. The van der Waals surface area contributed by atoms with Crippen molar-refractivity contribution < 1.29 is 4.74 Å². The van der Waals surface area contributed by atoms with E-state index in [0.717, 1.165) is 41.1 Å². The minimum absolute atomic E-state index is 0.283. The van der Waals surface area contributed by atoms with E-state index in [2.05, 4.69) is 31.8 Å². The van der Waals surface area contributed by atoms with Gasteiger partial charge in [0.15, 0.2) is 0 Å². The summed E-state index contributed by atoms with van der Waals surface area (Å²) in [5.74, 6) is 1.39. The van der Waals surface area contributed by atoms with Crippen LogP contribution in [0.5, 0.6) is 5.75 Å². The lowest BCUT2D eigenvalue weighted by atomic mass is 9.72. The van der Waals surface area contributed by atoms with Crippen molar-refractivity contribution in [3.63, 3.8) is 0 Å². The Labute approximate surface area is 170 Å². The maximum atomic E-state index is 9.71. The Bertz CT molecular complexity index is 902. The van der Waals surface area contributed by atoms with Crippen molar-refractivity contribution in [2.24, 2.45) is 16.3 Å². The molecule has 1 heterocycles. The van der Waals surface area contributed by atoms with Gasteiger partial charge in [-0.1, -0.05) is 32.4 Å². The molecule has 0 fully saturated rings. The highest BCUT2D eigenvalue weighted by molar-refractivity contribution is 7.16. The monoisotopic (exact) mass is 400 g/mol. The van der Waals surface area contributed by atoms with Gasteiger partial charge in [0.2, 0.25) is 0 Å². The average molecular weight is 401 g/mol. The molecule has 0 aliphatic heterocycles. The SMILES string of the molecule is CCOc1ccc(Cl)cc1C=Nc1sc2c(c1C#N)CC[C@@H](C(C)(C)C)C2. The van der Waals surface area contributed by atoms with Gasteiger partial charge in [0.05, 0.1) is 12.2 Å². The Balaban J connectivity index is 1.93. The van der Waals surface area contributed by atoms with E-state index in [1.165, 1.54) is 10.4 Å². The summed E-state index contributed by atoms with van der Waals surface area (Å²) in [5.41, 5.74) is 3.04. The first-order chi connectivity index (χ1) is 12.8. The number of benzene rings is 1. The third-order valence-corrected chi connectivity index (χ3v) is 6.57. The van der Waals surface area contributed by atoms with Gasteiger partial charge in [0.25, 0.3) is 0 Å². The zero-order chi connectivity index (χ0) is 19.6. The number of hydrogen-bond acceptors (Lipinski definition) is 4. The first-order valence-electron chi connectivity index (χ1n) is 9.34. The number of nitriles is 1. The van der Waals surface area contributed by atoms with Gasteiger partial charge in [0, 0.05) is 21.7 Å².